The van der Waals surface area contributed by atoms with Gasteiger partial charge in [-0.05, 0) is 12.1 Å². The highest BCUT2D eigenvalue weighted by molar-refractivity contribution is 7.19. The van der Waals surface area contributed by atoms with Crippen LogP contribution in [-0.4, -0.2) is 4.98 Å². The maximum atomic E-state index is 5.80. The summed E-state index contributed by atoms with van der Waals surface area (Å²) in [5.41, 5.74) is 0.750. The van der Waals surface area contributed by atoms with Crippen LogP contribution in [0.1, 0.15) is 5.69 Å². The Labute approximate surface area is 89.1 Å². The number of hydrogen-bond donors (Lipinski definition) is 0. The van der Waals surface area contributed by atoms with E-state index >= 15 is 0 Å². The number of oxazole rings is 1. The molecule has 0 saturated heterocycles. The van der Waals surface area contributed by atoms with Crippen LogP contribution in [-0.2, 0) is 5.88 Å². The first-order valence-electron chi connectivity index (χ1n) is 3.55. The van der Waals surface area contributed by atoms with Crippen molar-refractivity contribution in [3.63, 3.8) is 0 Å². The molecule has 2 aromatic rings. The molecule has 0 aliphatic rings. The summed E-state index contributed by atoms with van der Waals surface area (Å²) in [5, 5.41) is 0. The molecule has 0 bridgehead atoms. The van der Waals surface area contributed by atoms with Crippen molar-refractivity contribution in [2.45, 2.75) is 5.88 Å². The molecule has 0 aliphatic heterocycles. The molecule has 0 amide bonds. The summed E-state index contributed by atoms with van der Waals surface area (Å²) < 4.78 is 5.94. The number of hydrogen-bond acceptors (Lipinski definition) is 3. The Morgan fingerprint density at radius 1 is 1.46 bits per heavy atom. The molecule has 13 heavy (non-hydrogen) atoms. The Balaban J connectivity index is 2.45. The van der Waals surface area contributed by atoms with E-state index in [4.69, 9.17) is 27.6 Å². The quantitative estimate of drug-likeness (QED) is 0.738. The van der Waals surface area contributed by atoms with E-state index in [1.807, 2.05) is 12.1 Å². The zero-order valence-corrected chi connectivity index (χ0v) is 8.79. The lowest BCUT2D eigenvalue weighted by molar-refractivity contribution is 0.572. The summed E-state index contributed by atoms with van der Waals surface area (Å²) in [6, 6.07) is 3.71. The maximum absolute atomic E-state index is 5.80. The van der Waals surface area contributed by atoms with Crippen LogP contribution in [0, 0.1) is 0 Å². The van der Waals surface area contributed by atoms with Crippen molar-refractivity contribution in [1.29, 1.82) is 0 Å². The van der Waals surface area contributed by atoms with Crippen LogP contribution < -0.4 is 0 Å². The standard InChI is InChI=1S/C8H5Cl2NOS/c9-3-5-8(12-4-11-5)6-1-2-7(10)13-6/h1-2,4H,3H2. The average molecular weight is 234 g/mol. The van der Waals surface area contributed by atoms with Gasteiger partial charge in [-0.3, -0.25) is 0 Å². The molecule has 0 N–H and O–H groups in total. The minimum atomic E-state index is 0.349. The molecular weight excluding hydrogens is 229 g/mol. The van der Waals surface area contributed by atoms with Crippen molar-refractivity contribution in [3.05, 3.63) is 28.6 Å². The molecule has 0 saturated carbocycles. The van der Waals surface area contributed by atoms with Crippen LogP contribution in [0.4, 0.5) is 0 Å². The summed E-state index contributed by atoms with van der Waals surface area (Å²) in [6.45, 7) is 0. The van der Waals surface area contributed by atoms with E-state index in [1.165, 1.54) is 17.7 Å². The van der Waals surface area contributed by atoms with Crippen LogP contribution in [0.15, 0.2) is 22.9 Å². The summed E-state index contributed by atoms with van der Waals surface area (Å²) in [7, 11) is 0. The van der Waals surface area contributed by atoms with E-state index in [2.05, 4.69) is 4.98 Å². The highest BCUT2D eigenvalue weighted by Gasteiger charge is 2.11. The molecule has 2 nitrogen and oxygen atoms in total. The van der Waals surface area contributed by atoms with E-state index in [1.54, 1.807) is 0 Å². The molecule has 5 heteroatoms. The molecule has 0 aliphatic carbocycles. The molecule has 0 radical (unpaired) electrons. The minimum Gasteiger partial charge on any atom is -0.442 e. The Hall–Kier alpha value is -0.510. The zero-order valence-electron chi connectivity index (χ0n) is 6.46. The van der Waals surface area contributed by atoms with Crippen molar-refractivity contribution in [1.82, 2.24) is 4.98 Å². The number of alkyl halides is 1. The third-order valence-corrected chi connectivity index (χ3v) is 3.05. The van der Waals surface area contributed by atoms with Gasteiger partial charge in [0.2, 0.25) is 0 Å². The van der Waals surface area contributed by atoms with Gasteiger partial charge in [0, 0.05) is 0 Å². The van der Waals surface area contributed by atoms with E-state index in [0.29, 0.717) is 11.6 Å². The van der Waals surface area contributed by atoms with Gasteiger partial charge in [-0.1, -0.05) is 11.6 Å². The number of halogens is 2. The van der Waals surface area contributed by atoms with E-state index in [0.717, 1.165) is 14.9 Å². The van der Waals surface area contributed by atoms with Crippen LogP contribution in [0.5, 0.6) is 0 Å². The predicted octanol–water partition coefficient (Wildman–Crippen LogP) is 3.80. The predicted molar refractivity (Wildman–Crippen MR) is 54.4 cm³/mol. The van der Waals surface area contributed by atoms with Gasteiger partial charge in [-0.15, -0.1) is 22.9 Å². The minimum absolute atomic E-state index is 0.349. The van der Waals surface area contributed by atoms with Crippen molar-refractivity contribution < 1.29 is 4.42 Å². The number of thiophene rings is 1. The molecule has 0 atom stereocenters. The largest absolute Gasteiger partial charge is 0.442 e. The smallest absolute Gasteiger partial charge is 0.181 e. The third kappa shape index (κ3) is 1.73. The van der Waals surface area contributed by atoms with Crippen molar-refractivity contribution in [2.75, 3.05) is 0 Å². The van der Waals surface area contributed by atoms with Gasteiger partial charge >= 0.3 is 0 Å². The molecule has 0 spiro atoms. The molecule has 0 unspecified atom stereocenters. The normalized spacial score (nSPS) is 10.6. The lowest BCUT2D eigenvalue weighted by atomic mass is 10.3. The fourth-order valence-electron chi connectivity index (χ4n) is 1.00. The first-order chi connectivity index (χ1) is 6.31. The van der Waals surface area contributed by atoms with E-state index in [-0.39, 0.29) is 0 Å². The van der Waals surface area contributed by atoms with Crippen molar-refractivity contribution in [2.24, 2.45) is 0 Å². The monoisotopic (exact) mass is 233 g/mol. The fraction of sp³-hybridized carbons (Fsp3) is 0.125. The number of aromatic nitrogens is 1. The van der Waals surface area contributed by atoms with Crippen LogP contribution in [0.2, 0.25) is 4.34 Å². The highest BCUT2D eigenvalue weighted by Crippen LogP contribution is 2.33. The molecule has 68 valence electrons. The van der Waals surface area contributed by atoms with Gasteiger partial charge < -0.3 is 4.42 Å². The van der Waals surface area contributed by atoms with E-state index in [9.17, 15) is 0 Å². The average Bonchev–Trinajstić information content (AvgIpc) is 2.71. The first kappa shape index (κ1) is 9.06. The second kappa shape index (κ2) is 3.70. The summed E-state index contributed by atoms with van der Waals surface area (Å²) in [4.78, 5) is 4.94. The van der Waals surface area contributed by atoms with Gasteiger partial charge in [0.05, 0.1) is 15.1 Å². The second-order valence-electron chi connectivity index (χ2n) is 2.37. The Morgan fingerprint density at radius 3 is 2.92 bits per heavy atom. The molecule has 0 aromatic carbocycles. The second-order valence-corrected chi connectivity index (χ2v) is 4.35. The molecule has 0 fully saturated rings. The number of rotatable bonds is 2. The van der Waals surface area contributed by atoms with Gasteiger partial charge in [-0.25, -0.2) is 4.98 Å². The lowest BCUT2D eigenvalue weighted by Gasteiger charge is -1.91. The van der Waals surface area contributed by atoms with Crippen LogP contribution in [0.25, 0.3) is 10.6 Å². The molecular formula is C8H5Cl2NOS. The third-order valence-electron chi connectivity index (χ3n) is 1.56. The van der Waals surface area contributed by atoms with Gasteiger partial charge in [0.1, 0.15) is 5.69 Å². The van der Waals surface area contributed by atoms with Crippen molar-refractivity contribution in [3.8, 4) is 10.6 Å². The Kier molecular flexibility index (Phi) is 2.58. The van der Waals surface area contributed by atoms with Crippen LogP contribution in [0.3, 0.4) is 0 Å². The van der Waals surface area contributed by atoms with Gasteiger partial charge in [-0.2, -0.15) is 0 Å². The van der Waals surface area contributed by atoms with E-state index < -0.39 is 0 Å². The lowest BCUT2D eigenvalue weighted by Crippen LogP contribution is -1.78. The Morgan fingerprint density at radius 2 is 2.31 bits per heavy atom. The zero-order chi connectivity index (χ0) is 9.26. The summed E-state index contributed by atoms with van der Waals surface area (Å²) in [5.74, 6) is 1.06. The highest BCUT2D eigenvalue weighted by atomic mass is 35.5. The summed E-state index contributed by atoms with van der Waals surface area (Å²) in [6.07, 6.45) is 1.39. The summed E-state index contributed by atoms with van der Waals surface area (Å²) >= 11 is 12.9. The molecule has 2 aromatic heterocycles. The maximum Gasteiger partial charge on any atom is 0.181 e. The van der Waals surface area contributed by atoms with Gasteiger partial charge in [0.25, 0.3) is 0 Å². The fourth-order valence-corrected chi connectivity index (χ4v) is 2.24. The number of nitrogens with zero attached hydrogens (tertiary/aromatic N) is 1. The SMILES string of the molecule is ClCc1ncoc1-c1ccc(Cl)s1. The Bertz CT molecular complexity index is 410. The first-order valence-corrected chi connectivity index (χ1v) is 5.28. The topological polar surface area (TPSA) is 26.0 Å². The molecule has 2 rings (SSSR count). The van der Waals surface area contributed by atoms with Crippen molar-refractivity contribution >= 4 is 34.5 Å². The van der Waals surface area contributed by atoms with Gasteiger partial charge in [0.15, 0.2) is 12.2 Å². The van der Waals surface area contributed by atoms with Crippen LogP contribution >= 0.6 is 34.5 Å². The molecule has 2 heterocycles.